The second-order valence-electron chi connectivity index (χ2n) is 5.86. The van der Waals surface area contributed by atoms with Gasteiger partial charge in [-0.3, -0.25) is 4.79 Å². The van der Waals surface area contributed by atoms with Crippen LogP contribution < -0.4 is 0 Å². The smallest absolute Gasteiger partial charge is 0.302 e. The van der Waals surface area contributed by atoms with Gasteiger partial charge in [-0.1, -0.05) is 13.8 Å². The summed E-state index contributed by atoms with van der Waals surface area (Å²) in [6.45, 7) is 6.89. The minimum atomic E-state index is -0.129. The van der Waals surface area contributed by atoms with E-state index in [4.69, 9.17) is 4.74 Å². The molecule has 0 aliphatic heterocycles. The van der Waals surface area contributed by atoms with Gasteiger partial charge in [-0.2, -0.15) is 0 Å². The standard InChI is InChI=1S/C12H18O2/c1-7(13)14-6-11(2)8-4-9-10(5-8)12(9,11)3/h8-10H,4-6H2,1-3H3/t8?,9-,10-,11+,12?/m1/s1. The van der Waals surface area contributed by atoms with Crippen molar-refractivity contribution in [3.8, 4) is 0 Å². The molecule has 0 N–H and O–H groups in total. The van der Waals surface area contributed by atoms with E-state index in [0.717, 1.165) is 17.8 Å². The summed E-state index contributed by atoms with van der Waals surface area (Å²) in [5.41, 5.74) is 0.793. The first kappa shape index (κ1) is 8.75. The molecule has 0 saturated heterocycles. The zero-order valence-electron chi connectivity index (χ0n) is 9.17. The van der Waals surface area contributed by atoms with Crippen LogP contribution in [0.2, 0.25) is 0 Å². The van der Waals surface area contributed by atoms with E-state index in [2.05, 4.69) is 13.8 Å². The van der Waals surface area contributed by atoms with E-state index < -0.39 is 0 Å². The molecule has 0 radical (unpaired) electrons. The third-order valence-corrected chi connectivity index (χ3v) is 5.70. The van der Waals surface area contributed by atoms with Crippen LogP contribution in [0.4, 0.5) is 0 Å². The van der Waals surface area contributed by atoms with Crippen molar-refractivity contribution in [2.24, 2.45) is 28.6 Å². The lowest BCUT2D eigenvalue weighted by Crippen LogP contribution is -2.33. The molecule has 4 aliphatic carbocycles. The first-order valence-corrected chi connectivity index (χ1v) is 5.63. The number of carbonyl (C=O) groups is 1. The normalized spacial score (nSPS) is 57.5. The fourth-order valence-electron chi connectivity index (χ4n) is 4.56. The van der Waals surface area contributed by atoms with Crippen molar-refractivity contribution < 1.29 is 9.53 Å². The van der Waals surface area contributed by atoms with Gasteiger partial charge in [0.15, 0.2) is 0 Å². The summed E-state index contributed by atoms with van der Waals surface area (Å²) < 4.78 is 5.25. The third-order valence-electron chi connectivity index (χ3n) is 5.70. The Morgan fingerprint density at radius 1 is 1.36 bits per heavy atom. The zero-order chi connectivity index (χ0) is 10.1. The zero-order valence-corrected chi connectivity index (χ0v) is 9.17. The Balaban J connectivity index is 1.81. The Morgan fingerprint density at radius 2 is 1.93 bits per heavy atom. The van der Waals surface area contributed by atoms with Crippen molar-refractivity contribution in [3.05, 3.63) is 0 Å². The van der Waals surface area contributed by atoms with E-state index in [9.17, 15) is 4.79 Å². The van der Waals surface area contributed by atoms with E-state index in [0.29, 0.717) is 12.0 Å². The van der Waals surface area contributed by atoms with E-state index in [1.54, 1.807) is 0 Å². The average molecular weight is 194 g/mol. The van der Waals surface area contributed by atoms with Gasteiger partial charge in [0, 0.05) is 12.3 Å². The predicted octanol–water partition coefficient (Wildman–Crippen LogP) is 2.23. The molecule has 0 aromatic carbocycles. The van der Waals surface area contributed by atoms with Gasteiger partial charge in [0.2, 0.25) is 0 Å². The second kappa shape index (κ2) is 2.17. The van der Waals surface area contributed by atoms with Crippen molar-refractivity contribution in [1.29, 1.82) is 0 Å². The van der Waals surface area contributed by atoms with Crippen molar-refractivity contribution in [3.63, 3.8) is 0 Å². The van der Waals surface area contributed by atoms with Crippen LogP contribution in [0.1, 0.15) is 33.6 Å². The second-order valence-corrected chi connectivity index (χ2v) is 5.86. The minimum absolute atomic E-state index is 0.129. The molecule has 4 saturated carbocycles. The highest BCUT2D eigenvalue weighted by atomic mass is 16.5. The van der Waals surface area contributed by atoms with E-state index in [1.807, 2.05) is 0 Å². The number of carbonyl (C=O) groups excluding carboxylic acids is 1. The molecule has 4 fully saturated rings. The van der Waals surface area contributed by atoms with Gasteiger partial charge in [-0.15, -0.1) is 0 Å². The number of ether oxygens (including phenoxy) is 1. The van der Waals surface area contributed by atoms with Crippen LogP contribution in [0.5, 0.6) is 0 Å². The first-order valence-electron chi connectivity index (χ1n) is 5.63. The molecule has 0 spiro atoms. The Bertz CT molecular complexity index is 297. The van der Waals surface area contributed by atoms with Crippen LogP contribution in [-0.4, -0.2) is 12.6 Å². The monoisotopic (exact) mass is 194 g/mol. The van der Waals surface area contributed by atoms with Crippen LogP contribution in [-0.2, 0) is 9.53 Å². The van der Waals surface area contributed by atoms with Crippen molar-refractivity contribution in [2.75, 3.05) is 6.61 Å². The molecule has 3 atom stereocenters. The number of rotatable bonds is 2. The maximum atomic E-state index is 10.9. The summed E-state index contributed by atoms with van der Waals surface area (Å²) in [7, 11) is 0. The molecule has 2 nitrogen and oxygen atoms in total. The topological polar surface area (TPSA) is 26.3 Å². The van der Waals surface area contributed by atoms with Crippen LogP contribution in [0.15, 0.2) is 0 Å². The lowest BCUT2D eigenvalue weighted by atomic mass is 9.75. The summed E-state index contributed by atoms with van der Waals surface area (Å²) in [6, 6.07) is 0. The summed E-state index contributed by atoms with van der Waals surface area (Å²) in [5.74, 6) is 2.60. The van der Waals surface area contributed by atoms with Gasteiger partial charge in [0.25, 0.3) is 0 Å². The largest absolute Gasteiger partial charge is 0.465 e. The highest BCUT2D eigenvalue weighted by Gasteiger charge is 2.81. The van der Waals surface area contributed by atoms with Gasteiger partial charge in [-0.25, -0.2) is 0 Å². The molecular formula is C12H18O2. The van der Waals surface area contributed by atoms with Crippen LogP contribution in [0.25, 0.3) is 0 Å². The van der Waals surface area contributed by atoms with Crippen molar-refractivity contribution in [2.45, 2.75) is 33.6 Å². The van der Waals surface area contributed by atoms with E-state index in [1.165, 1.54) is 19.8 Å². The molecule has 0 amide bonds. The molecule has 2 heteroatoms. The summed E-state index contributed by atoms with van der Waals surface area (Å²) in [6.07, 6.45) is 2.78. The highest BCUT2D eigenvalue weighted by Crippen LogP contribution is 2.86. The Labute approximate surface area is 85.0 Å². The van der Waals surface area contributed by atoms with Gasteiger partial charge < -0.3 is 4.74 Å². The van der Waals surface area contributed by atoms with Gasteiger partial charge in [-0.05, 0) is 36.0 Å². The molecule has 4 aliphatic rings. The molecule has 0 unspecified atom stereocenters. The molecule has 4 bridgehead atoms. The maximum Gasteiger partial charge on any atom is 0.302 e. The molecule has 0 aromatic heterocycles. The number of esters is 1. The Kier molecular flexibility index (Phi) is 1.36. The molecule has 0 heterocycles. The van der Waals surface area contributed by atoms with Crippen LogP contribution >= 0.6 is 0 Å². The average Bonchev–Trinajstić information content (AvgIpc) is 2.54. The fourth-order valence-corrected chi connectivity index (χ4v) is 4.56. The SMILES string of the molecule is CC(=O)OC[C@@]1(C)C2C[C@@H]3[C@@H](C2)C31C. The third kappa shape index (κ3) is 0.697. The predicted molar refractivity (Wildman–Crippen MR) is 52.6 cm³/mol. The van der Waals surface area contributed by atoms with Crippen LogP contribution in [0, 0.1) is 28.6 Å². The Morgan fingerprint density at radius 3 is 2.29 bits per heavy atom. The number of hydrogen-bond acceptors (Lipinski definition) is 2. The summed E-state index contributed by atoms with van der Waals surface area (Å²) in [4.78, 5) is 10.9. The molecule has 4 rings (SSSR count). The van der Waals surface area contributed by atoms with Crippen molar-refractivity contribution in [1.82, 2.24) is 0 Å². The van der Waals surface area contributed by atoms with Gasteiger partial charge in [0.05, 0.1) is 6.61 Å². The van der Waals surface area contributed by atoms with Gasteiger partial charge >= 0.3 is 5.97 Å². The van der Waals surface area contributed by atoms with E-state index in [-0.39, 0.29) is 11.4 Å². The minimum Gasteiger partial charge on any atom is -0.465 e. The molecular weight excluding hydrogens is 176 g/mol. The molecule has 14 heavy (non-hydrogen) atoms. The lowest BCUT2D eigenvalue weighted by Gasteiger charge is -2.33. The molecule has 78 valence electrons. The first-order chi connectivity index (χ1) is 6.50. The quantitative estimate of drug-likeness (QED) is 0.630. The number of hydrogen-bond donors (Lipinski definition) is 0. The highest BCUT2D eigenvalue weighted by molar-refractivity contribution is 5.66. The fraction of sp³-hybridized carbons (Fsp3) is 0.917. The lowest BCUT2D eigenvalue weighted by molar-refractivity contribution is -0.146. The van der Waals surface area contributed by atoms with Gasteiger partial charge in [0.1, 0.15) is 0 Å². The summed E-state index contributed by atoms with van der Waals surface area (Å²) >= 11 is 0. The maximum absolute atomic E-state index is 10.9. The van der Waals surface area contributed by atoms with Crippen LogP contribution in [0.3, 0.4) is 0 Å². The van der Waals surface area contributed by atoms with Crippen molar-refractivity contribution >= 4 is 5.97 Å². The summed E-state index contributed by atoms with van der Waals surface area (Å²) in [5, 5.41) is 0. The van der Waals surface area contributed by atoms with E-state index >= 15 is 0 Å². The Hall–Kier alpha value is -0.530. The molecule has 0 aromatic rings.